The molecule has 23 heavy (non-hydrogen) atoms. The molecule has 0 bridgehead atoms. The molecule has 2 heterocycles. The van der Waals surface area contributed by atoms with Crippen LogP contribution in [0.1, 0.15) is 6.92 Å². The molecule has 0 saturated carbocycles. The molecule has 2 aromatic carbocycles. The molecule has 116 valence electrons. The molecule has 4 rings (SSSR count). The minimum Gasteiger partial charge on any atom is -0.482 e. The van der Waals surface area contributed by atoms with E-state index in [-0.39, 0.29) is 12.0 Å². The fraction of sp³-hybridized carbons (Fsp3) is 0.176. The number of ether oxygens (including phenoxy) is 2. The lowest BCUT2D eigenvalue weighted by molar-refractivity contribution is -0.128. The van der Waals surface area contributed by atoms with Gasteiger partial charge in [-0.05, 0) is 37.3 Å². The van der Waals surface area contributed by atoms with Gasteiger partial charge < -0.3 is 14.8 Å². The number of aromatic nitrogens is 2. The molecule has 0 fully saturated rings. The molecule has 1 aromatic heterocycles. The molecule has 3 aromatic rings. The highest BCUT2D eigenvalue weighted by Crippen LogP contribution is 2.33. The minimum atomic E-state index is -0.704. The average molecular weight is 309 g/mol. The number of aromatic amines is 1. The number of amides is 1. The first-order valence-corrected chi connectivity index (χ1v) is 7.37. The summed E-state index contributed by atoms with van der Waals surface area (Å²) in [5.41, 5.74) is 1.61. The molecule has 0 aliphatic carbocycles. The van der Waals surface area contributed by atoms with Crippen LogP contribution in [0.5, 0.6) is 11.5 Å². The van der Waals surface area contributed by atoms with Crippen molar-refractivity contribution in [3.05, 3.63) is 48.7 Å². The highest BCUT2D eigenvalue weighted by Gasteiger charge is 2.34. The van der Waals surface area contributed by atoms with Crippen molar-refractivity contribution >= 4 is 22.5 Å². The van der Waals surface area contributed by atoms with Gasteiger partial charge in [-0.15, -0.1) is 0 Å². The van der Waals surface area contributed by atoms with E-state index in [1.165, 1.54) is 0 Å². The maximum Gasteiger partial charge on any atom is 0.269 e. The topological polar surface area (TPSA) is 76.2 Å². The van der Waals surface area contributed by atoms with Gasteiger partial charge >= 0.3 is 0 Å². The van der Waals surface area contributed by atoms with Crippen LogP contribution in [0.4, 0.5) is 5.69 Å². The average Bonchev–Trinajstić information content (AvgIpc) is 3.01. The van der Waals surface area contributed by atoms with Gasteiger partial charge in [0.15, 0.2) is 11.5 Å². The standard InChI is InChI=1S/C17H15N3O3/c1-10-16(23-15-5-3-2-4-14(15)22-10)17(21)19-12-6-7-13-11(8-12)9-18-20-13/h2-10,16H,1H3,(H,18,20)(H,19,21). The van der Waals surface area contributed by atoms with Crippen LogP contribution < -0.4 is 14.8 Å². The maximum absolute atomic E-state index is 12.5. The van der Waals surface area contributed by atoms with Gasteiger partial charge in [-0.2, -0.15) is 5.10 Å². The number of H-pyrrole nitrogens is 1. The number of anilines is 1. The van der Waals surface area contributed by atoms with Crippen molar-refractivity contribution in [2.24, 2.45) is 0 Å². The summed E-state index contributed by atoms with van der Waals surface area (Å²) in [6.45, 7) is 1.82. The van der Waals surface area contributed by atoms with E-state index in [0.29, 0.717) is 17.2 Å². The molecular formula is C17H15N3O3. The fourth-order valence-electron chi connectivity index (χ4n) is 2.64. The second-order valence-electron chi connectivity index (χ2n) is 5.47. The van der Waals surface area contributed by atoms with Crippen LogP contribution in [0.15, 0.2) is 48.7 Å². The highest BCUT2D eigenvalue weighted by atomic mass is 16.6. The van der Waals surface area contributed by atoms with Crippen molar-refractivity contribution in [2.45, 2.75) is 19.1 Å². The second-order valence-corrected chi connectivity index (χ2v) is 5.47. The number of para-hydroxylation sites is 2. The predicted octanol–water partition coefficient (Wildman–Crippen LogP) is 2.73. The van der Waals surface area contributed by atoms with E-state index < -0.39 is 6.10 Å². The summed E-state index contributed by atoms with van der Waals surface area (Å²) < 4.78 is 11.6. The zero-order valence-electron chi connectivity index (χ0n) is 12.4. The number of fused-ring (bicyclic) bond motifs is 2. The predicted molar refractivity (Wildman–Crippen MR) is 85.7 cm³/mol. The normalized spacial score (nSPS) is 19.5. The summed E-state index contributed by atoms with van der Waals surface area (Å²) >= 11 is 0. The van der Waals surface area contributed by atoms with E-state index in [0.717, 1.165) is 10.9 Å². The SMILES string of the molecule is CC1Oc2ccccc2OC1C(=O)Nc1ccc2[nH]ncc2c1. The van der Waals surface area contributed by atoms with Gasteiger partial charge in [0.05, 0.1) is 11.7 Å². The Morgan fingerprint density at radius 1 is 1.17 bits per heavy atom. The highest BCUT2D eigenvalue weighted by molar-refractivity contribution is 5.97. The van der Waals surface area contributed by atoms with E-state index in [4.69, 9.17) is 9.47 Å². The van der Waals surface area contributed by atoms with E-state index in [2.05, 4.69) is 15.5 Å². The zero-order chi connectivity index (χ0) is 15.8. The monoisotopic (exact) mass is 309 g/mol. The van der Waals surface area contributed by atoms with Crippen molar-refractivity contribution < 1.29 is 14.3 Å². The van der Waals surface area contributed by atoms with E-state index in [9.17, 15) is 4.79 Å². The summed E-state index contributed by atoms with van der Waals surface area (Å²) in [5, 5.41) is 10.6. The van der Waals surface area contributed by atoms with Gasteiger partial charge in [-0.3, -0.25) is 9.89 Å². The molecule has 0 spiro atoms. The van der Waals surface area contributed by atoms with Gasteiger partial charge in [0.1, 0.15) is 6.10 Å². The van der Waals surface area contributed by atoms with Crippen molar-refractivity contribution in [1.82, 2.24) is 10.2 Å². The second kappa shape index (κ2) is 5.31. The third kappa shape index (κ3) is 2.48. The summed E-state index contributed by atoms with van der Waals surface area (Å²) in [6, 6.07) is 12.9. The first kappa shape index (κ1) is 13.6. The molecule has 2 unspecified atom stereocenters. The number of nitrogens with zero attached hydrogens (tertiary/aromatic N) is 1. The number of rotatable bonds is 2. The van der Waals surface area contributed by atoms with Gasteiger partial charge in [0.25, 0.3) is 5.91 Å². The van der Waals surface area contributed by atoms with Crippen molar-refractivity contribution in [1.29, 1.82) is 0 Å². The fourth-order valence-corrected chi connectivity index (χ4v) is 2.64. The van der Waals surface area contributed by atoms with E-state index in [1.54, 1.807) is 12.3 Å². The number of nitrogens with one attached hydrogen (secondary N) is 2. The van der Waals surface area contributed by atoms with Crippen LogP contribution in [-0.4, -0.2) is 28.3 Å². The molecular weight excluding hydrogens is 294 g/mol. The summed E-state index contributed by atoms with van der Waals surface area (Å²) in [5.74, 6) is 0.995. The summed E-state index contributed by atoms with van der Waals surface area (Å²) in [6.07, 6.45) is 0.636. The quantitative estimate of drug-likeness (QED) is 0.763. The first-order valence-electron chi connectivity index (χ1n) is 7.37. The number of carbonyl (C=O) groups excluding carboxylic acids is 1. The molecule has 1 aliphatic rings. The third-order valence-electron chi connectivity index (χ3n) is 3.81. The van der Waals surface area contributed by atoms with Crippen molar-refractivity contribution in [2.75, 3.05) is 5.32 Å². The number of hydrogen-bond donors (Lipinski definition) is 2. The zero-order valence-corrected chi connectivity index (χ0v) is 12.4. The van der Waals surface area contributed by atoms with Gasteiger partial charge in [0, 0.05) is 11.1 Å². The smallest absolute Gasteiger partial charge is 0.269 e. The molecule has 6 nitrogen and oxygen atoms in total. The van der Waals surface area contributed by atoms with Crippen LogP contribution in [0, 0.1) is 0 Å². The first-order chi connectivity index (χ1) is 11.2. The number of hydrogen-bond acceptors (Lipinski definition) is 4. The molecule has 1 aliphatic heterocycles. The lowest BCUT2D eigenvalue weighted by atomic mass is 10.1. The Bertz CT molecular complexity index is 874. The van der Waals surface area contributed by atoms with Crippen molar-refractivity contribution in [3.63, 3.8) is 0 Å². The number of benzene rings is 2. The van der Waals surface area contributed by atoms with Crippen LogP contribution in [-0.2, 0) is 4.79 Å². The Morgan fingerprint density at radius 2 is 1.96 bits per heavy atom. The van der Waals surface area contributed by atoms with E-state index in [1.807, 2.05) is 43.3 Å². The van der Waals surface area contributed by atoms with E-state index >= 15 is 0 Å². The van der Waals surface area contributed by atoms with Gasteiger partial charge in [-0.1, -0.05) is 12.1 Å². The summed E-state index contributed by atoms with van der Waals surface area (Å²) in [4.78, 5) is 12.5. The Kier molecular flexibility index (Phi) is 3.15. The number of carbonyl (C=O) groups is 1. The van der Waals surface area contributed by atoms with Gasteiger partial charge in [-0.25, -0.2) is 0 Å². The lowest BCUT2D eigenvalue weighted by Gasteiger charge is -2.31. The Labute approximate surface area is 132 Å². The molecule has 0 saturated heterocycles. The Balaban J connectivity index is 1.54. The van der Waals surface area contributed by atoms with Crippen LogP contribution in [0.25, 0.3) is 10.9 Å². The van der Waals surface area contributed by atoms with Crippen molar-refractivity contribution in [3.8, 4) is 11.5 Å². The van der Waals surface area contributed by atoms with Gasteiger partial charge in [0.2, 0.25) is 6.10 Å². The largest absolute Gasteiger partial charge is 0.482 e. The Hall–Kier alpha value is -3.02. The molecule has 6 heteroatoms. The molecule has 2 atom stereocenters. The summed E-state index contributed by atoms with van der Waals surface area (Å²) in [7, 11) is 0. The molecule has 2 N–H and O–H groups in total. The molecule has 1 amide bonds. The minimum absolute atomic E-state index is 0.241. The lowest BCUT2D eigenvalue weighted by Crippen LogP contribution is -2.46. The van der Waals surface area contributed by atoms with Crippen LogP contribution >= 0.6 is 0 Å². The maximum atomic E-state index is 12.5. The third-order valence-corrected chi connectivity index (χ3v) is 3.81. The Morgan fingerprint density at radius 3 is 2.78 bits per heavy atom. The van der Waals surface area contributed by atoms with Crippen LogP contribution in [0.3, 0.4) is 0 Å². The molecule has 0 radical (unpaired) electrons. The van der Waals surface area contributed by atoms with Crippen LogP contribution in [0.2, 0.25) is 0 Å².